The Hall–Kier alpha value is -1.92. The molecule has 1 N–H and O–H groups in total. The molecule has 1 aromatic rings. The Morgan fingerprint density at radius 2 is 2.12 bits per heavy atom. The third-order valence-corrected chi connectivity index (χ3v) is 4.56. The van der Waals surface area contributed by atoms with Crippen LogP contribution in [0.2, 0.25) is 0 Å². The summed E-state index contributed by atoms with van der Waals surface area (Å²) in [6, 6.07) is 5.66. The number of carboxylic acids is 1. The van der Waals surface area contributed by atoms with Crippen LogP contribution in [0.3, 0.4) is 0 Å². The number of carbonyl (C=O) groups is 2. The van der Waals surface area contributed by atoms with Crippen LogP contribution in [0, 0.1) is 0 Å². The van der Waals surface area contributed by atoms with Crippen molar-refractivity contribution in [1.29, 1.82) is 0 Å². The quantitative estimate of drug-likeness (QED) is 0.860. The molecule has 0 aliphatic carbocycles. The van der Waals surface area contributed by atoms with Crippen molar-refractivity contribution in [3.05, 3.63) is 34.9 Å². The van der Waals surface area contributed by atoms with E-state index in [0.717, 1.165) is 30.4 Å². The summed E-state index contributed by atoms with van der Waals surface area (Å²) < 4.78 is 11.0. The van der Waals surface area contributed by atoms with E-state index in [1.807, 2.05) is 12.1 Å². The van der Waals surface area contributed by atoms with Gasteiger partial charge in [-0.05, 0) is 42.5 Å². The molecule has 1 aromatic carbocycles. The molecular formula is C18H23NO5. The number of hydrogen-bond donors (Lipinski definition) is 1. The Morgan fingerprint density at radius 3 is 2.88 bits per heavy atom. The summed E-state index contributed by atoms with van der Waals surface area (Å²) in [5, 5.41) is 8.95. The maximum atomic E-state index is 12.9. The number of benzene rings is 1. The minimum atomic E-state index is -0.900. The molecule has 1 atom stereocenters. The van der Waals surface area contributed by atoms with Crippen LogP contribution in [0.25, 0.3) is 0 Å². The van der Waals surface area contributed by atoms with E-state index < -0.39 is 5.97 Å². The molecule has 0 radical (unpaired) electrons. The lowest BCUT2D eigenvalue weighted by molar-refractivity contribution is -0.137. The predicted molar refractivity (Wildman–Crippen MR) is 86.9 cm³/mol. The van der Waals surface area contributed by atoms with Crippen LogP contribution in [0.4, 0.5) is 0 Å². The van der Waals surface area contributed by atoms with E-state index in [4.69, 9.17) is 14.6 Å². The molecule has 1 fully saturated rings. The molecule has 130 valence electrons. The highest BCUT2D eigenvalue weighted by molar-refractivity contribution is 5.94. The van der Waals surface area contributed by atoms with E-state index in [9.17, 15) is 9.59 Å². The molecule has 1 amide bonds. The number of carbonyl (C=O) groups excluding carboxylic acids is 1. The summed E-state index contributed by atoms with van der Waals surface area (Å²) in [7, 11) is 0. The molecule has 0 aromatic heterocycles. The van der Waals surface area contributed by atoms with Crippen LogP contribution in [-0.2, 0) is 27.3 Å². The Balaban J connectivity index is 1.74. The predicted octanol–water partition coefficient (Wildman–Crippen LogP) is 1.86. The van der Waals surface area contributed by atoms with Crippen LogP contribution >= 0.6 is 0 Å². The van der Waals surface area contributed by atoms with E-state index >= 15 is 0 Å². The molecule has 0 saturated carbocycles. The standard InChI is InChI=1S/C18H23NO5/c20-17(21)5-7-19(11-16-2-1-8-24-16)18(22)14-3-4-15-12-23-9-6-13(15)10-14/h3-4,10,16H,1-2,5-9,11-12H2,(H,20,21). The van der Waals surface area contributed by atoms with Gasteiger partial charge in [-0.3, -0.25) is 9.59 Å². The molecule has 2 aliphatic rings. The first-order valence-corrected chi connectivity index (χ1v) is 8.45. The zero-order chi connectivity index (χ0) is 16.9. The van der Waals surface area contributed by atoms with E-state index in [2.05, 4.69) is 0 Å². The maximum Gasteiger partial charge on any atom is 0.305 e. The molecular weight excluding hydrogens is 310 g/mol. The monoisotopic (exact) mass is 333 g/mol. The van der Waals surface area contributed by atoms with E-state index in [1.54, 1.807) is 11.0 Å². The molecule has 0 spiro atoms. The van der Waals surface area contributed by atoms with E-state index in [1.165, 1.54) is 0 Å². The van der Waals surface area contributed by atoms with E-state index in [-0.39, 0.29) is 25.0 Å². The first-order chi connectivity index (χ1) is 11.6. The summed E-state index contributed by atoms with van der Waals surface area (Å²) in [6.45, 7) is 2.62. The summed E-state index contributed by atoms with van der Waals surface area (Å²) in [4.78, 5) is 25.4. The third-order valence-electron chi connectivity index (χ3n) is 4.56. The zero-order valence-electron chi connectivity index (χ0n) is 13.7. The van der Waals surface area contributed by atoms with Gasteiger partial charge in [0.15, 0.2) is 0 Å². The molecule has 1 unspecified atom stereocenters. The molecule has 2 heterocycles. The van der Waals surface area contributed by atoms with Gasteiger partial charge in [0, 0.05) is 25.3 Å². The smallest absolute Gasteiger partial charge is 0.305 e. The Bertz CT molecular complexity index is 609. The van der Waals surface area contributed by atoms with Gasteiger partial charge in [-0.25, -0.2) is 0 Å². The van der Waals surface area contributed by atoms with Gasteiger partial charge in [0.25, 0.3) is 5.91 Å². The average molecular weight is 333 g/mol. The van der Waals surface area contributed by atoms with Crippen molar-refractivity contribution in [1.82, 2.24) is 4.90 Å². The van der Waals surface area contributed by atoms with Gasteiger partial charge in [0.2, 0.25) is 0 Å². The molecule has 1 saturated heterocycles. The largest absolute Gasteiger partial charge is 0.481 e. The van der Waals surface area contributed by atoms with Crippen molar-refractivity contribution in [2.24, 2.45) is 0 Å². The van der Waals surface area contributed by atoms with Gasteiger partial charge in [-0.2, -0.15) is 0 Å². The lowest BCUT2D eigenvalue weighted by Crippen LogP contribution is -2.38. The lowest BCUT2D eigenvalue weighted by atomic mass is 9.99. The molecule has 0 bridgehead atoms. The number of aliphatic carboxylic acids is 1. The second-order valence-electron chi connectivity index (χ2n) is 6.32. The number of amides is 1. The van der Waals surface area contributed by atoms with Gasteiger partial charge < -0.3 is 19.5 Å². The van der Waals surface area contributed by atoms with Crippen molar-refractivity contribution < 1.29 is 24.2 Å². The van der Waals surface area contributed by atoms with Gasteiger partial charge >= 0.3 is 5.97 Å². The number of rotatable bonds is 6. The zero-order valence-corrected chi connectivity index (χ0v) is 13.7. The molecule has 24 heavy (non-hydrogen) atoms. The minimum absolute atomic E-state index is 0.00812. The van der Waals surface area contributed by atoms with E-state index in [0.29, 0.717) is 31.9 Å². The molecule has 3 rings (SSSR count). The molecule has 6 heteroatoms. The highest BCUT2D eigenvalue weighted by Gasteiger charge is 2.24. The number of fused-ring (bicyclic) bond motifs is 1. The average Bonchev–Trinajstić information content (AvgIpc) is 3.10. The Kier molecular flexibility index (Phi) is 5.48. The van der Waals surface area contributed by atoms with Gasteiger partial charge in [0.05, 0.1) is 25.7 Å². The first-order valence-electron chi connectivity index (χ1n) is 8.45. The fraction of sp³-hybridized carbons (Fsp3) is 0.556. The van der Waals surface area contributed by atoms with Crippen LogP contribution < -0.4 is 0 Å². The van der Waals surface area contributed by atoms with Gasteiger partial charge in [-0.15, -0.1) is 0 Å². The van der Waals surface area contributed by atoms with Crippen LogP contribution in [0.15, 0.2) is 18.2 Å². The third kappa shape index (κ3) is 4.13. The Morgan fingerprint density at radius 1 is 1.25 bits per heavy atom. The summed E-state index contributed by atoms with van der Waals surface area (Å²) >= 11 is 0. The number of hydrogen-bond acceptors (Lipinski definition) is 4. The van der Waals surface area contributed by atoms with Crippen LogP contribution in [-0.4, -0.2) is 54.3 Å². The maximum absolute atomic E-state index is 12.9. The molecule has 2 aliphatic heterocycles. The highest BCUT2D eigenvalue weighted by atomic mass is 16.5. The second kappa shape index (κ2) is 7.77. The summed E-state index contributed by atoms with van der Waals surface area (Å²) in [6.07, 6.45) is 2.66. The summed E-state index contributed by atoms with van der Waals surface area (Å²) in [5.41, 5.74) is 2.87. The van der Waals surface area contributed by atoms with Crippen molar-refractivity contribution in [3.63, 3.8) is 0 Å². The van der Waals surface area contributed by atoms with Gasteiger partial charge in [0.1, 0.15) is 0 Å². The topological polar surface area (TPSA) is 76.1 Å². The van der Waals surface area contributed by atoms with Gasteiger partial charge in [-0.1, -0.05) is 6.07 Å². The fourth-order valence-electron chi connectivity index (χ4n) is 3.22. The van der Waals surface area contributed by atoms with Crippen LogP contribution in [0.1, 0.15) is 40.7 Å². The number of ether oxygens (including phenoxy) is 2. The Labute approximate surface area is 141 Å². The van der Waals surface area contributed by atoms with Crippen LogP contribution in [0.5, 0.6) is 0 Å². The van der Waals surface area contributed by atoms with Crippen molar-refractivity contribution in [3.8, 4) is 0 Å². The van der Waals surface area contributed by atoms with Crippen molar-refractivity contribution >= 4 is 11.9 Å². The minimum Gasteiger partial charge on any atom is -0.481 e. The normalized spacial score (nSPS) is 19.8. The summed E-state index contributed by atoms with van der Waals surface area (Å²) in [5.74, 6) is -1.02. The fourth-order valence-corrected chi connectivity index (χ4v) is 3.22. The number of nitrogens with zero attached hydrogens (tertiary/aromatic N) is 1. The lowest BCUT2D eigenvalue weighted by Gasteiger charge is -2.26. The highest BCUT2D eigenvalue weighted by Crippen LogP contribution is 2.20. The van der Waals surface area contributed by atoms with Crippen molar-refractivity contribution in [2.75, 3.05) is 26.3 Å². The first kappa shape index (κ1) is 16.9. The second-order valence-corrected chi connectivity index (χ2v) is 6.32. The van der Waals surface area contributed by atoms with Crippen molar-refractivity contribution in [2.45, 2.75) is 38.4 Å². The number of carboxylic acid groups (broad SMARTS) is 1. The SMILES string of the molecule is O=C(O)CCN(CC1CCCO1)C(=O)c1ccc2c(c1)CCOC2. The molecule has 6 nitrogen and oxygen atoms in total.